The second-order valence-corrected chi connectivity index (χ2v) is 9.54. The van der Waals surface area contributed by atoms with E-state index in [1.165, 1.54) is 11.6 Å². The predicted molar refractivity (Wildman–Crippen MR) is 127 cm³/mol. The molecule has 0 unspecified atom stereocenters. The van der Waals surface area contributed by atoms with Crippen molar-refractivity contribution >= 4 is 44.7 Å². The Morgan fingerprint density at radius 3 is 2.00 bits per heavy atom. The quantitative estimate of drug-likeness (QED) is 0.410. The van der Waals surface area contributed by atoms with E-state index in [9.17, 15) is 13.2 Å². The molecule has 0 atom stereocenters. The van der Waals surface area contributed by atoms with Crippen LogP contribution in [-0.2, 0) is 10.0 Å². The molecule has 8 heteroatoms. The second-order valence-electron chi connectivity index (χ2n) is 7.45. The monoisotopic (exact) mass is 457 g/mol. The van der Waals surface area contributed by atoms with Crippen molar-refractivity contribution in [1.82, 2.24) is 0 Å². The normalized spacial score (nSPS) is 11.3. The van der Waals surface area contributed by atoms with Crippen LogP contribution in [0.4, 0.5) is 21.9 Å². The van der Waals surface area contributed by atoms with Crippen LogP contribution >= 0.6 is 11.6 Å². The molecule has 0 saturated heterocycles. The molecule has 0 heterocycles. The third kappa shape index (κ3) is 5.99. The number of carbonyl (C=O) groups excluding carboxylic acids is 1. The van der Waals surface area contributed by atoms with Gasteiger partial charge in [0.15, 0.2) is 0 Å². The van der Waals surface area contributed by atoms with Gasteiger partial charge in [-0.15, -0.1) is 0 Å². The summed E-state index contributed by atoms with van der Waals surface area (Å²) in [5.41, 5.74) is 3.12. The maximum absolute atomic E-state index is 12.9. The van der Waals surface area contributed by atoms with Crippen LogP contribution in [0.15, 0.2) is 71.6 Å². The molecule has 3 N–H and O–H groups in total. The lowest BCUT2D eigenvalue weighted by Crippen LogP contribution is -2.20. The number of hydrogen-bond acceptors (Lipinski definition) is 3. The standard InChI is InChI=1S/C23H24ClN3O3S/c1-15(2)17-5-10-19(11-6-17)25-23(28)26-21-9-4-16(3)22(14-21)31(29,30)27-20-12-7-18(24)8-13-20/h4-15,27H,1-3H3,(H2,25,26,28). The van der Waals surface area contributed by atoms with Gasteiger partial charge >= 0.3 is 6.03 Å². The highest BCUT2D eigenvalue weighted by Gasteiger charge is 2.18. The first-order valence-electron chi connectivity index (χ1n) is 9.71. The van der Waals surface area contributed by atoms with E-state index in [0.29, 0.717) is 33.6 Å². The van der Waals surface area contributed by atoms with E-state index < -0.39 is 16.1 Å². The third-order valence-electron chi connectivity index (χ3n) is 4.67. The number of rotatable bonds is 6. The Hall–Kier alpha value is -3.03. The number of urea groups is 1. The summed E-state index contributed by atoms with van der Waals surface area (Å²) < 4.78 is 28.2. The minimum Gasteiger partial charge on any atom is -0.308 e. The number of halogens is 1. The number of anilines is 3. The van der Waals surface area contributed by atoms with E-state index in [1.54, 1.807) is 43.3 Å². The SMILES string of the molecule is Cc1ccc(NC(=O)Nc2ccc(C(C)C)cc2)cc1S(=O)(=O)Nc1ccc(Cl)cc1. The third-order valence-corrected chi connectivity index (χ3v) is 6.44. The Balaban J connectivity index is 1.73. The van der Waals surface area contributed by atoms with Gasteiger partial charge in [0.05, 0.1) is 4.90 Å². The Morgan fingerprint density at radius 1 is 0.839 bits per heavy atom. The molecule has 2 amide bonds. The van der Waals surface area contributed by atoms with Gasteiger partial charge in [-0.1, -0.05) is 43.6 Å². The first-order chi connectivity index (χ1) is 14.6. The lowest BCUT2D eigenvalue weighted by Gasteiger charge is -2.13. The molecular formula is C23H24ClN3O3S. The minimum atomic E-state index is -3.85. The second kappa shape index (κ2) is 9.41. The Morgan fingerprint density at radius 2 is 1.39 bits per heavy atom. The predicted octanol–water partition coefficient (Wildman–Crippen LogP) is 6.22. The van der Waals surface area contributed by atoms with Crippen molar-refractivity contribution < 1.29 is 13.2 Å². The van der Waals surface area contributed by atoms with E-state index in [1.807, 2.05) is 24.3 Å². The summed E-state index contributed by atoms with van der Waals surface area (Å²) >= 11 is 5.85. The molecule has 0 saturated carbocycles. The van der Waals surface area contributed by atoms with Crippen LogP contribution in [0, 0.1) is 6.92 Å². The summed E-state index contributed by atoms with van der Waals surface area (Å²) in [6, 6.07) is 18.2. The molecule has 0 bridgehead atoms. The molecule has 0 aliphatic rings. The first-order valence-corrected chi connectivity index (χ1v) is 11.6. The number of amides is 2. The zero-order valence-corrected chi connectivity index (χ0v) is 19.0. The molecule has 6 nitrogen and oxygen atoms in total. The Kier molecular flexibility index (Phi) is 6.87. The highest BCUT2D eigenvalue weighted by Crippen LogP contribution is 2.24. The number of nitrogens with one attached hydrogen (secondary N) is 3. The van der Waals surface area contributed by atoms with Crippen LogP contribution in [0.1, 0.15) is 30.9 Å². The summed E-state index contributed by atoms with van der Waals surface area (Å²) in [6.07, 6.45) is 0. The van der Waals surface area contributed by atoms with Crippen molar-refractivity contribution in [2.75, 3.05) is 15.4 Å². The number of aryl methyl sites for hydroxylation is 1. The molecule has 0 radical (unpaired) electrons. The highest BCUT2D eigenvalue weighted by atomic mass is 35.5. The van der Waals surface area contributed by atoms with Crippen LogP contribution in [0.2, 0.25) is 5.02 Å². The van der Waals surface area contributed by atoms with Gasteiger partial charge in [0.1, 0.15) is 0 Å². The van der Waals surface area contributed by atoms with E-state index in [4.69, 9.17) is 11.6 Å². The van der Waals surface area contributed by atoms with Gasteiger partial charge < -0.3 is 10.6 Å². The van der Waals surface area contributed by atoms with Crippen LogP contribution in [0.25, 0.3) is 0 Å². The number of hydrogen-bond donors (Lipinski definition) is 3. The molecule has 0 aliphatic carbocycles. The summed E-state index contributed by atoms with van der Waals surface area (Å²) in [6.45, 7) is 5.89. The van der Waals surface area contributed by atoms with E-state index in [-0.39, 0.29) is 4.90 Å². The fourth-order valence-electron chi connectivity index (χ4n) is 2.94. The number of sulfonamides is 1. The molecule has 0 aromatic heterocycles. The summed E-state index contributed by atoms with van der Waals surface area (Å²) in [5, 5.41) is 5.94. The van der Waals surface area contributed by atoms with Gasteiger partial charge in [-0.3, -0.25) is 4.72 Å². The topological polar surface area (TPSA) is 87.3 Å². The lowest BCUT2D eigenvalue weighted by atomic mass is 10.0. The minimum absolute atomic E-state index is 0.0709. The average Bonchev–Trinajstić information content (AvgIpc) is 2.71. The zero-order valence-electron chi connectivity index (χ0n) is 17.4. The van der Waals surface area contributed by atoms with Crippen molar-refractivity contribution in [2.24, 2.45) is 0 Å². The van der Waals surface area contributed by atoms with Gasteiger partial charge in [-0.05, 0) is 72.5 Å². The number of benzene rings is 3. The maximum Gasteiger partial charge on any atom is 0.323 e. The van der Waals surface area contributed by atoms with Crippen LogP contribution in [0.5, 0.6) is 0 Å². The van der Waals surface area contributed by atoms with Gasteiger partial charge in [-0.2, -0.15) is 0 Å². The van der Waals surface area contributed by atoms with E-state index in [2.05, 4.69) is 29.2 Å². The summed E-state index contributed by atoms with van der Waals surface area (Å²) in [7, 11) is -3.85. The first kappa shape index (κ1) is 22.7. The highest BCUT2D eigenvalue weighted by molar-refractivity contribution is 7.92. The smallest absolute Gasteiger partial charge is 0.308 e. The summed E-state index contributed by atoms with van der Waals surface area (Å²) in [5.74, 6) is 0.400. The van der Waals surface area contributed by atoms with Crippen molar-refractivity contribution in [3.63, 3.8) is 0 Å². The van der Waals surface area contributed by atoms with Crippen molar-refractivity contribution in [2.45, 2.75) is 31.6 Å². The molecular weight excluding hydrogens is 434 g/mol. The zero-order chi connectivity index (χ0) is 22.6. The molecule has 162 valence electrons. The number of carbonyl (C=O) groups is 1. The van der Waals surface area contributed by atoms with E-state index in [0.717, 1.165) is 0 Å². The molecule has 3 aromatic carbocycles. The van der Waals surface area contributed by atoms with Crippen molar-refractivity contribution in [1.29, 1.82) is 0 Å². The van der Waals surface area contributed by atoms with Crippen molar-refractivity contribution in [3.8, 4) is 0 Å². The molecule has 0 aliphatic heterocycles. The molecule has 0 spiro atoms. The molecule has 3 rings (SSSR count). The van der Waals surface area contributed by atoms with Crippen LogP contribution < -0.4 is 15.4 Å². The fraction of sp³-hybridized carbons (Fsp3) is 0.174. The fourth-order valence-corrected chi connectivity index (χ4v) is 4.40. The van der Waals surface area contributed by atoms with Gasteiger partial charge in [0.2, 0.25) is 0 Å². The van der Waals surface area contributed by atoms with Crippen LogP contribution in [0.3, 0.4) is 0 Å². The van der Waals surface area contributed by atoms with Gasteiger partial charge in [0, 0.05) is 22.1 Å². The molecule has 0 fully saturated rings. The Bertz CT molecular complexity index is 1180. The van der Waals surface area contributed by atoms with Crippen LogP contribution in [-0.4, -0.2) is 14.4 Å². The largest absolute Gasteiger partial charge is 0.323 e. The van der Waals surface area contributed by atoms with Gasteiger partial charge in [-0.25, -0.2) is 13.2 Å². The van der Waals surface area contributed by atoms with Gasteiger partial charge in [0.25, 0.3) is 10.0 Å². The lowest BCUT2D eigenvalue weighted by molar-refractivity contribution is 0.262. The van der Waals surface area contributed by atoms with E-state index >= 15 is 0 Å². The average molecular weight is 458 g/mol. The maximum atomic E-state index is 12.9. The van der Waals surface area contributed by atoms with Crippen molar-refractivity contribution in [3.05, 3.63) is 82.9 Å². The molecule has 3 aromatic rings. The Labute approximate surface area is 187 Å². The molecule has 31 heavy (non-hydrogen) atoms. The summed E-state index contributed by atoms with van der Waals surface area (Å²) in [4.78, 5) is 12.4.